The van der Waals surface area contributed by atoms with Crippen LogP contribution in [-0.2, 0) is 30.0 Å². The Labute approximate surface area is 336 Å². The molecule has 2 aromatic carbocycles. The average molecular weight is 818 g/mol. The molecule has 0 radical (unpaired) electrons. The van der Waals surface area contributed by atoms with Gasteiger partial charge in [-0.2, -0.15) is 0 Å². The average Bonchev–Trinajstić information content (AvgIpc) is 3.57. The van der Waals surface area contributed by atoms with Crippen molar-refractivity contribution in [2.24, 2.45) is 29.6 Å². The molecule has 0 N–H and O–H groups in total. The molecule has 10 heteroatoms. The Morgan fingerprint density at radius 3 is 1.87 bits per heavy atom. The second-order valence-electron chi connectivity index (χ2n) is 18.0. The second-order valence-corrected chi connectivity index (χ2v) is 30.7. The van der Waals surface area contributed by atoms with Crippen LogP contribution in [0.25, 0.3) is 10.2 Å². The normalized spacial score (nSPS) is 17.8. The standard InChI is InChI=1S/C44H75NO5S2Si2/c1-15-39(49-54(16-2,17-3)18-4)36(9)42(50-53(13,14)44(10,11)12)35(8)29-34(7)41(48-30-37-24-20-19-21-25-37)33(6)28-32(5)31-52(46,47)43-45-38-26-22-23-27-40(38)51-43/h19-27,32-36,39,41-42H,15-18,28-31H2,1-14H3/t32-,33-,34-,35-,36-,39?,41+,42+/m1/s1. The minimum atomic E-state index is -3.52. The van der Waals surface area contributed by atoms with Gasteiger partial charge in [-0.15, -0.1) is 11.3 Å². The maximum absolute atomic E-state index is 13.6. The fraction of sp³-hybridized carbons (Fsp3) is 0.705. The summed E-state index contributed by atoms with van der Waals surface area (Å²) in [5, 5.41) is 0.0886. The third kappa shape index (κ3) is 12.5. The highest BCUT2D eigenvalue weighted by Crippen LogP contribution is 2.42. The van der Waals surface area contributed by atoms with Crippen molar-refractivity contribution in [2.75, 3.05) is 5.75 Å². The molecule has 0 aliphatic heterocycles. The molecule has 0 saturated carbocycles. The third-order valence-electron chi connectivity index (χ3n) is 12.6. The lowest BCUT2D eigenvalue weighted by Gasteiger charge is -2.46. The molecule has 0 aliphatic rings. The van der Waals surface area contributed by atoms with Crippen LogP contribution in [0.1, 0.15) is 108 Å². The lowest BCUT2D eigenvalue weighted by molar-refractivity contribution is -0.0501. The van der Waals surface area contributed by atoms with Crippen LogP contribution in [0.2, 0.25) is 36.3 Å². The van der Waals surface area contributed by atoms with Crippen LogP contribution >= 0.6 is 11.3 Å². The summed E-state index contributed by atoms with van der Waals surface area (Å²) in [5.41, 5.74) is 1.89. The number of hydrogen-bond donors (Lipinski definition) is 0. The summed E-state index contributed by atoms with van der Waals surface area (Å²) in [7, 11) is -7.46. The maximum Gasteiger partial charge on any atom is 0.210 e. The molecule has 0 amide bonds. The number of benzene rings is 2. The minimum Gasteiger partial charge on any atom is -0.414 e. The molecule has 306 valence electrons. The van der Waals surface area contributed by atoms with Gasteiger partial charge in [0.2, 0.25) is 14.2 Å². The number of nitrogens with zero attached hydrogens (tertiary/aromatic N) is 1. The van der Waals surface area contributed by atoms with Gasteiger partial charge in [0.25, 0.3) is 0 Å². The first-order valence-electron chi connectivity index (χ1n) is 20.8. The molecule has 1 aromatic heterocycles. The number of hydrogen-bond acceptors (Lipinski definition) is 7. The zero-order valence-corrected chi connectivity index (χ0v) is 39.9. The van der Waals surface area contributed by atoms with Crippen molar-refractivity contribution >= 4 is 48.0 Å². The smallest absolute Gasteiger partial charge is 0.210 e. The van der Waals surface area contributed by atoms with Crippen molar-refractivity contribution in [3.63, 3.8) is 0 Å². The Morgan fingerprint density at radius 2 is 1.31 bits per heavy atom. The number of sulfone groups is 1. The monoisotopic (exact) mass is 817 g/mol. The Hall–Kier alpha value is -1.41. The molecule has 8 atom stereocenters. The van der Waals surface area contributed by atoms with E-state index in [2.05, 4.69) is 125 Å². The lowest BCUT2D eigenvalue weighted by atomic mass is 9.79. The summed E-state index contributed by atoms with van der Waals surface area (Å²) < 4.78 is 49.9. The molecule has 0 spiro atoms. The van der Waals surface area contributed by atoms with Crippen molar-refractivity contribution in [2.45, 2.75) is 168 Å². The van der Waals surface area contributed by atoms with E-state index in [1.165, 1.54) is 11.3 Å². The number of aromatic nitrogens is 1. The highest BCUT2D eigenvalue weighted by atomic mass is 32.2. The van der Waals surface area contributed by atoms with Gasteiger partial charge in [0.15, 0.2) is 16.6 Å². The fourth-order valence-electron chi connectivity index (χ4n) is 8.13. The molecule has 54 heavy (non-hydrogen) atoms. The Kier molecular flexibility index (Phi) is 17.7. The summed E-state index contributed by atoms with van der Waals surface area (Å²) in [6.45, 7) is 32.9. The van der Waals surface area contributed by atoms with Crippen molar-refractivity contribution < 1.29 is 22.0 Å². The molecular formula is C44H75NO5S2Si2. The van der Waals surface area contributed by atoms with E-state index in [0.717, 1.165) is 53.2 Å². The lowest BCUT2D eigenvalue weighted by Crippen LogP contribution is -2.51. The van der Waals surface area contributed by atoms with Gasteiger partial charge in [-0.05, 0) is 96.9 Å². The zero-order valence-electron chi connectivity index (χ0n) is 36.3. The molecule has 0 bridgehead atoms. The van der Waals surface area contributed by atoms with Crippen LogP contribution in [0.4, 0.5) is 0 Å². The fourth-order valence-corrected chi connectivity index (χ4v) is 15.6. The Balaban J connectivity index is 1.88. The third-order valence-corrected chi connectivity index (χ3v) is 25.2. The van der Waals surface area contributed by atoms with Crippen LogP contribution in [0, 0.1) is 29.6 Å². The van der Waals surface area contributed by atoms with Gasteiger partial charge in [-0.3, -0.25) is 0 Å². The van der Waals surface area contributed by atoms with Crippen LogP contribution in [0.5, 0.6) is 0 Å². The Morgan fingerprint density at radius 1 is 0.759 bits per heavy atom. The van der Waals surface area contributed by atoms with E-state index in [-0.39, 0.29) is 63.0 Å². The van der Waals surface area contributed by atoms with E-state index in [1.54, 1.807) is 0 Å². The summed E-state index contributed by atoms with van der Waals surface area (Å²) in [6.07, 6.45) is 2.83. The number of thiazole rings is 1. The van der Waals surface area contributed by atoms with Gasteiger partial charge in [0, 0.05) is 12.0 Å². The number of para-hydroxylation sites is 1. The molecular weight excluding hydrogens is 743 g/mol. The molecule has 1 heterocycles. The first kappa shape index (κ1) is 47.0. The van der Waals surface area contributed by atoms with Gasteiger partial charge >= 0.3 is 0 Å². The quantitative estimate of drug-likeness (QED) is 0.0887. The van der Waals surface area contributed by atoms with Crippen molar-refractivity contribution in [3.8, 4) is 0 Å². The molecule has 0 fully saturated rings. The summed E-state index contributed by atoms with van der Waals surface area (Å²) in [6, 6.07) is 21.4. The number of fused-ring (bicyclic) bond motifs is 1. The number of rotatable bonds is 23. The second kappa shape index (κ2) is 20.3. The largest absolute Gasteiger partial charge is 0.414 e. The zero-order chi connectivity index (χ0) is 40.5. The topological polar surface area (TPSA) is 74.7 Å². The summed E-state index contributed by atoms with van der Waals surface area (Å²) in [5.74, 6) is 0.906. The molecule has 0 aliphatic carbocycles. The van der Waals surface area contributed by atoms with E-state index < -0.39 is 26.5 Å². The van der Waals surface area contributed by atoms with Crippen molar-refractivity contribution in [1.29, 1.82) is 0 Å². The maximum atomic E-state index is 13.6. The van der Waals surface area contributed by atoms with E-state index in [0.29, 0.717) is 6.61 Å². The van der Waals surface area contributed by atoms with E-state index in [4.69, 9.17) is 13.6 Å². The van der Waals surface area contributed by atoms with Crippen LogP contribution < -0.4 is 0 Å². The van der Waals surface area contributed by atoms with Crippen LogP contribution in [0.3, 0.4) is 0 Å². The summed E-state index contributed by atoms with van der Waals surface area (Å²) in [4.78, 5) is 4.49. The Bertz CT molecular complexity index is 1610. The van der Waals surface area contributed by atoms with Gasteiger partial charge in [0.05, 0.1) is 34.8 Å². The highest BCUT2D eigenvalue weighted by molar-refractivity contribution is 7.93. The van der Waals surface area contributed by atoms with Gasteiger partial charge in [0.1, 0.15) is 0 Å². The van der Waals surface area contributed by atoms with E-state index in [9.17, 15) is 8.42 Å². The van der Waals surface area contributed by atoms with E-state index in [1.807, 2.05) is 30.3 Å². The first-order valence-corrected chi connectivity index (χ1v) is 28.7. The molecule has 0 saturated heterocycles. The molecule has 3 rings (SSSR count). The summed E-state index contributed by atoms with van der Waals surface area (Å²) >= 11 is 1.27. The SMILES string of the molecule is CCC(O[Si](CC)(CC)CC)[C@@H](C)[C@@H](O[Si](C)(C)C(C)(C)C)[C@H](C)C[C@@H](C)[C@@H](OCc1ccccc1)[C@H](C)C[C@@H](C)CS(=O)(=O)c1nc2ccccc2s1. The van der Waals surface area contributed by atoms with E-state index >= 15 is 0 Å². The molecule has 6 nitrogen and oxygen atoms in total. The van der Waals surface area contributed by atoms with Crippen molar-refractivity contribution in [3.05, 3.63) is 60.2 Å². The van der Waals surface area contributed by atoms with Crippen molar-refractivity contribution in [1.82, 2.24) is 4.98 Å². The van der Waals surface area contributed by atoms with Gasteiger partial charge in [-0.1, -0.05) is 126 Å². The van der Waals surface area contributed by atoms with Gasteiger partial charge in [-0.25, -0.2) is 13.4 Å². The predicted octanol–water partition coefficient (Wildman–Crippen LogP) is 12.8. The van der Waals surface area contributed by atoms with Crippen LogP contribution in [-0.4, -0.2) is 54.1 Å². The van der Waals surface area contributed by atoms with Gasteiger partial charge < -0.3 is 13.6 Å². The predicted molar refractivity (Wildman–Crippen MR) is 236 cm³/mol. The molecule has 3 aromatic rings. The first-order chi connectivity index (χ1) is 25.2. The van der Waals surface area contributed by atoms with Crippen LogP contribution in [0.15, 0.2) is 58.9 Å². The highest BCUT2D eigenvalue weighted by Gasteiger charge is 2.44. The minimum absolute atomic E-state index is 0.0531. The molecule has 1 unspecified atom stereocenters. The number of ether oxygens (including phenoxy) is 1.